The van der Waals surface area contributed by atoms with Crippen LogP contribution in [0.1, 0.15) is 5.01 Å². The molecule has 3 aromatic rings. The molecule has 0 unspecified atom stereocenters. The lowest BCUT2D eigenvalue weighted by Crippen LogP contribution is -3.15. The number of allylic oxidation sites excluding steroid dienone is 1. The molecule has 1 saturated heterocycles. The predicted octanol–water partition coefficient (Wildman–Crippen LogP) is 2.49. The quantitative estimate of drug-likeness (QED) is 0.542. The van der Waals surface area contributed by atoms with Crippen LogP contribution in [-0.2, 0) is 0 Å². The maximum atomic E-state index is 10.6. The number of quaternary nitrogens is 1. The molecule has 1 aliphatic rings. The summed E-state index contributed by atoms with van der Waals surface area (Å²) in [5.74, 6) is 0.139. The third-order valence-electron chi connectivity index (χ3n) is 4.92. The van der Waals surface area contributed by atoms with Gasteiger partial charge in [-0.05, 0) is 24.3 Å². The minimum Gasteiger partial charge on any atom is -0.506 e. The molecule has 27 heavy (non-hydrogen) atoms. The van der Waals surface area contributed by atoms with Gasteiger partial charge in [0.15, 0.2) is 5.76 Å². The highest BCUT2D eigenvalue weighted by Gasteiger charge is 2.23. The second-order valence-electron chi connectivity index (χ2n) is 6.67. The zero-order valence-corrected chi connectivity index (χ0v) is 15.7. The van der Waals surface area contributed by atoms with E-state index in [0.717, 1.165) is 36.4 Å². The first-order valence-corrected chi connectivity index (χ1v) is 9.88. The molecule has 6 heteroatoms. The van der Waals surface area contributed by atoms with Crippen LogP contribution in [0, 0.1) is 11.3 Å². The summed E-state index contributed by atoms with van der Waals surface area (Å²) in [6, 6.07) is 20.3. The first kappa shape index (κ1) is 17.5. The second kappa shape index (κ2) is 7.78. The highest BCUT2D eigenvalue weighted by Crippen LogP contribution is 2.27. The van der Waals surface area contributed by atoms with Crippen molar-refractivity contribution >= 4 is 32.8 Å². The van der Waals surface area contributed by atoms with Crippen LogP contribution in [-0.4, -0.2) is 42.8 Å². The highest BCUT2D eigenvalue weighted by molar-refractivity contribution is 7.19. The van der Waals surface area contributed by atoms with Crippen molar-refractivity contribution in [2.75, 3.05) is 37.6 Å². The van der Waals surface area contributed by atoms with Gasteiger partial charge in [0, 0.05) is 5.69 Å². The number of para-hydroxylation sites is 2. The molecule has 2 N–H and O–H groups in total. The summed E-state index contributed by atoms with van der Waals surface area (Å²) < 4.78 is 1.02. The molecule has 0 aliphatic carbocycles. The first-order valence-electron chi connectivity index (χ1n) is 9.06. The molecule has 0 amide bonds. The molecule has 0 bridgehead atoms. The Morgan fingerprint density at radius 1 is 1.11 bits per heavy atom. The van der Waals surface area contributed by atoms with Crippen molar-refractivity contribution in [2.24, 2.45) is 0 Å². The van der Waals surface area contributed by atoms with Crippen LogP contribution in [0.4, 0.5) is 5.69 Å². The Kier molecular flexibility index (Phi) is 5.05. The summed E-state index contributed by atoms with van der Waals surface area (Å²) in [5, 5.41) is 20.8. The summed E-state index contributed by atoms with van der Waals surface area (Å²) in [6.07, 6.45) is 0. The van der Waals surface area contributed by atoms with E-state index in [-0.39, 0.29) is 5.76 Å². The summed E-state index contributed by atoms with van der Waals surface area (Å²) >= 11 is 1.45. The Bertz CT molecular complexity index is 965. The van der Waals surface area contributed by atoms with Crippen molar-refractivity contribution < 1.29 is 10.0 Å². The van der Waals surface area contributed by atoms with Gasteiger partial charge in [-0.15, -0.1) is 11.3 Å². The topological polar surface area (TPSA) is 64.6 Å². The largest absolute Gasteiger partial charge is 0.506 e. The van der Waals surface area contributed by atoms with E-state index < -0.39 is 0 Å². The van der Waals surface area contributed by atoms with E-state index >= 15 is 0 Å². The number of aliphatic hydroxyl groups excluding tert-OH is 1. The SMILES string of the molecule is N#C/C(=C(/O)C[NH+]1CCN(c2ccccc2)CC1)c1nc2ccccc2s1. The Morgan fingerprint density at radius 2 is 1.81 bits per heavy atom. The summed E-state index contributed by atoms with van der Waals surface area (Å²) in [4.78, 5) is 8.16. The van der Waals surface area contributed by atoms with Crippen LogP contribution in [0.2, 0.25) is 0 Å². The van der Waals surface area contributed by atoms with Gasteiger partial charge in [-0.2, -0.15) is 5.26 Å². The van der Waals surface area contributed by atoms with Crippen LogP contribution in [0.15, 0.2) is 60.4 Å². The fourth-order valence-corrected chi connectivity index (χ4v) is 4.42. The molecule has 0 saturated carbocycles. The number of hydrogen-bond donors (Lipinski definition) is 2. The van der Waals surface area contributed by atoms with E-state index in [9.17, 15) is 10.4 Å². The second-order valence-corrected chi connectivity index (χ2v) is 7.70. The van der Waals surface area contributed by atoms with Crippen molar-refractivity contribution in [1.82, 2.24) is 4.98 Å². The molecular weight excluding hydrogens is 356 g/mol. The van der Waals surface area contributed by atoms with Crippen LogP contribution in [0.3, 0.4) is 0 Å². The van der Waals surface area contributed by atoms with Gasteiger partial charge in [0.25, 0.3) is 0 Å². The lowest BCUT2D eigenvalue weighted by atomic mass is 10.2. The lowest BCUT2D eigenvalue weighted by molar-refractivity contribution is -0.897. The average molecular weight is 377 g/mol. The third-order valence-corrected chi connectivity index (χ3v) is 5.97. The Balaban J connectivity index is 1.46. The molecule has 1 aromatic heterocycles. The van der Waals surface area contributed by atoms with Crippen molar-refractivity contribution in [2.45, 2.75) is 0 Å². The fourth-order valence-electron chi connectivity index (χ4n) is 3.44. The van der Waals surface area contributed by atoms with Crippen LogP contribution in [0.25, 0.3) is 15.8 Å². The van der Waals surface area contributed by atoms with Gasteiger partial charge in [-0.25, -0.2) is 4.98 Å². The number of benzene rings is 2. The van der Waals surface area contributed by atoms with Crippen LogP contribution in [0.5, 0.6) is 0 Å². The Morgan fingerprint density at radius 3 is 2.52 bits per heavy atom. The molecule has 1 aliphatic heterocycles. The van der Waals surface area contributed by atoms with Crippen molar-refractivity contribution in [1.29, 1.82) is 5.26 Å². The third kappa shape index (κ3) is 3.80. The van der Waals surface area contributed by atoms with E-state index in [0.29, 0.717) is 17.1 Å². The van der Waals surface area contributed by atoms with Crippen molar-refractivity contribution in [3.05, 3.63) is 65.4 Å². The van der Waals surface area contributed by atoms with E-state index in [4.69, 9.17) is 0 Å². The van der Waals surface area contributed by atoms with E-state index in [1.807, 2.05) is 30.3 Å². The molecule has 0 radical (unpaired) electrons. The van der Waals surface area contributed by atoms with E-state index in [1.54, 1.807) is 0 Å². The standard InChI is InChI=1S/C21H20N4OS/c22-14-17(21-23-18-8-4-5-9-20(18)27-21)19(26)15-24-10-12-25(13-11-24)16-6-2-1-3-7-16/h1-9,26H,10-13,15H2/p+1/b19-17-. The van der Waals surface area contributed by atoms with Crippen molar-refractivity contribution in [3.63, 3.8) is 0 Å². The minimum absolute atomic E-state index is 0.139. The minimum atomic E-state index is 0.139. The van der Waals surface area contributed by atoms with Gasteiger partial charge in [0.2, 0.25) is 0 Å². The number of anilines is 1. The normalized spacial score (nSPS) is 16.2. The number of thiazole rings is 1. The molecule has 2 heterocycles. The summed E-state index contributed by atoms with van der Waals surface area (Å²) in [6.45, 7) is 4.20. The Labute approximate surface area is 162 Å². The van der Waals surface area contributed by atoms with E-state index in [1.165, 1.54) is 21.9 Å². The smallest absolute Gasteiger partial charge is 0.168 e. The van der Waals surface area contributed by atoms with Gasteiger partial charge in [0.05, 0.1) is 36.4 Å². The maximum absolute atomic E-state index is 10.6. The number of hydrogen-bond acceptors (Lipinski definition) is 5. The molecule has 1 fully saturated rings. The van der Waals surface area contributed by atoms with Crippen LogP contribution < -0.4 is 9.80 Å². The average Bonchev–Trinajstić information content (AvgIpc) is 3.13. The monoisotopic (exact) mass is 377 g/mol. The number of fused-ring (bicyclic) bond motifs is 1. The number of nitrogens with one attached hydrogen (secondary N) is 1. The van der Waals surface area contributed by atoms with Gasteiger partial charge < -0.3 is 14.9 Å². The fraction of sp³-hybridized carbons (Fsp3) is 0.238. The summed E-state index contributed by atoms with van der Waals surface area (Å²) in [7, 11) is 0. The first-order chi connectivity index (χ1) is 13.2. The molecule has 0 atom stereocenters. The molecule has 2 aromatic carbocycles. The number of aromatic nitrogens is 1. The predicted molar refractivity (Wildman–Crippen MR) is 109 cm³/mol. The zero-order valence-electron chi connectivity index (χ0n) is 14.9. The van der Waals surface area contributed by atoms with Gasteiger partial charge in [-0.1, -0.05) is 30.3 Å². The highest BCUT2D eigenvalue weighted by atomic mass is 32.1. The number of rotatable bonds is 4. The lowest BCUT2D eigenvalue weighted by Gasteiger charge is -2.33. The van der Waals surface area contributed by atoms with Crippen LogP contribution >= 0.6 is 11.3 Å². The maximum Gasteiger partial charge on any atom is 0.168 e. The number of piperazine rings is 1. The van der Waals surface area contributed by atoms with Gasteiger partial charge in [0.1, 0.15) is 23.2 Å². The van der Waals surface area contributed by atoms with Gasteiger partial charge in [-0.3, -0.25) is 0 Å². The van der Waals surface area contributed by atoms with Gasteiger partial charge >= 0.3 is 0 Å². The van der Waals surface area contributed by atoms with Crippen molar-refractivity contribution in [3.8, 4) is 6.07 Å². The molecule has 5 nitrogen and oxygen atoms in total. The Hall–Kier alpha value is -2.88. The summed E-state index contributed by atoms with van der Waals surface area (Å²) in [5.41, 5.74) is 2.40. The molecule has 0 spiro atoms. The number of aliphatic hydroxyl groups is 1. The van der Waals surface area contributed by atoms with E-state index in [2.05, 4.69) is 40.2 Å². The number of nitrogens with zero attached hydrogens (tertiary/aromatic N) is 3. The molecule has 136 valence electrons. The molecule has 4 rings (SSSR count). The zero-order chi connectivity index (χ0) is 18.6. The molecular formula is C21H21N4OS+. The number of nitriles is 1.